The highest BCUT2D eigenvalue weighted by molar-refractivity contribution is 7.88. The molecular weight excluding hydrogens is 365 g/mol. The van der Waals surface area contributed by atoms with Gasteiger partial charge in [-0.05, 0) is 6.92 Å². The molecule has 1 heterocycles. The van der Waals surface area contributed by atoms with E-state index in [2.05, 4.69) is 10.1 Å². The summed E-state index contributed by atoms with van der Waals surface area (Å²) in [5.74, 6) is 0. The van der Waals surface area contributed by atoms with E-state index in [0.29, 0.717) is 19.6 Å². The molecule has 1 aromatic rings. The molecule has 0 unspecified atom stereocenters. The van der Waals surface area contributed by atoms with Crippen molar-refractivity contribution in [2.45, 2.75) is 25.9 Å². The van der Waals surface area contributed by atoms with Crippen LogP contribution in [0, 0.1) is 0 Å². The second kappa shape index (κ2) is 8.62. The van der Waals surface area contributed by atoms with Gasteiger partial charge in [0.25, 0.3) is 15.2 Å². The summed E-state index contributed by atoms with van der Waals surface area (Å²) in [4.78, 5) is 17.4. The van der Waals surface area contributed by atoms with Crippen molar-refractivity contribution in [3.05, 3.63) is 16.9 Å². The van der Waals surface area contributed by atoms with E-state index < -0.39 is 21.2 Å². The Morgan fingerprint density at radius 2 is 1.91 bits per heavy atom. The maximum Gasteiger partial charge on any atom is 0.346 e. The van der Waals surface area contributed by atoms with Crippen molar-refractivity contribution in [2.75, 3.05) is 26.2 Å². The Hall–Kier alpha value is -1.16. The van der Waals surface area contributed by atoms with E-state index in [1.54, 1.807) is 20.8 Å². The third-order valence-corrected chi connectivity index (χ3v) is 5.50. The molecule has 0 saturated heterocycles. The lowest BCUT2D eigenvalue weighted by atomic mass is 10.5. The molecule has 0 aliphatic heterocycles. The minimum absolute atomic E-state index is 0.0956. The lowest BCUT2D eigenvalue weighted by molar-refractivity contribution is 0.203. The number of sulfonamides is 1. The summed E-state index contributed by atoms with van der Waals surface area (Å²) >= 11 is 11.3. The van der Waals surface area contributed by atoms with E-state index in [9.17, 15) is 13.2 Å². The summed E-state index contributed by atoms with van der Waals surface area (Å²) in [6.45, 7) is 6.19. The molecule has 1 aromatic heterocycles. The number of hydrogen-bond donors (Lipinski definition) is 0. The van der Waals surface area contributed by atoms with Gasteiger partial charge >= 0.3 is 6.03 Å². The van der Waals surface area contributed by atoms with Gasteiger partial charge in [0, 0.05) is 30.2 Å². The number of amides is 1. The Morgan fingerprint density at radius 1 is 1.30 bits per heavy atom. The molecule has 0 aliphatic rings. The Labute approximate surface area is 145 Å². The third kappa shape index (κ3) is 4.66. The van der Waals surface area contributed by atoms with Gasteiger partial charge in [-0.2, -0.15) is 8.99 Å². The van der Waals surface area contributed by atoms with Gasteiger partial charge in [-0.15, -0.1) is 5.10 Å². The van der Waals surface area contributed by atoms with Crippen LogP contribution < -0.4 is 0 Å². The molecule has 0 fully saturated rings. The molecule has 0 spiro atoms. The molecule has 0 N–H and O–H groups in total. The molecule has 0 aromatic carbocycles. The van der Waals surface area contributed by atoms with Crippen LogP contribution in [0.3, 0.4) is 0 Å². The van der Waals surface area contributed by atoms with Gasteiger partial charge in [0.2, 0.25) is 0 Å². The van der Waals surface area contributed by atoms with Crippen molar-refractivity contribution in [2.24, 2.45) is 0 Å². The molecule has 1 amide bonds. The van der Waals surface area contributed by atoms with Crippen molar-refractivity contribution in [1.82, 2.24) is 24.0 Å². The first-order valence-electron chi connectivity index (χ1n) is 6.97. The van der Waals surface area contributed by atoms with Crippen molar-refractivity contribution in [1.29, 1.82) is 0 Å². The molecule has 0 atom stereocenters. The van der Waals surface area contributed by atoms with Crippen molar-refractivity contribution in [3.8, 4) is 0 Å². The normalized spacial score (nSPS) is 12.7. The van der Waals surface area contributed by atoms with E-state index in [4.69, 9.17) is 23.2 Å². The molecule has 130 valence electrons. The molecule has 0 saturated carbocycles. The van der Waals surface area contributed by atoms with Crippen LogP contribution in [0.25, 0.3) is 0 Å². The maximum atomic E-state index is 12.3. The number of carbonyl (C=O) groups is 1. The van der Waals surface area contributed by atoms with Gasteiger partial charge in [0.1, 0.15) is 6.33 Å². The maximum absolute atomic E-state index is 12.3. The van der Waals surface area contributed by atoms with Gasteiger partial charge in [0.15, 0.2) is 0 Å². The quantitative estimate of drug-likeness (QED) is 0.717. The summed E-state index contributed by atoms with van der Waals surface area (Å²) < 4.78 is 26.7. The number of nitrogens with zero attached hydrogens (tertiary/aromatic N) is 5. The smallest absolute Gasteiger partial charge is 0.318 e. The SMILES string of the molecule is CCN(CC(Cl)=CCl)C(=O)n1cnc(S(=O)(=O)N(CC)CC)n1. The number of likely N-dealkylation sites (N-methyl/N-ethyl adjacent to an activating group) is 1. The zero-order valence-electron chi connectivity index (χ0n) is 13.1. The largest absolute Gasteiger partial charge is 0.346 e. The van der Waals surface area contributed by atoms with E-state index in [1.807, 2.05) is 0 Å². The topological polar surface area (TPSA) is 88.4 Å². The Morgan fingerprint density at radius 3 is 2.39 bits per heavy atom. The van der Waals surface area contributed by atoms with Crippen LogP contribution in [0.2, 0.25) is 0 Å². The van der Waals surface area contributed by atoms with Gasteiger partial charge in [-0.25, -0.2) is 18.2 Å². The Bertz CT molecular complexity index is 670. The third-order valence-electron chi connectivity index (χ3n) is 3.06. The van der Waals surface area contributed by atoms with E-state index in [0.717, 1.165) is 16.5 Å². The Kier molecular flexibility index (Phi) is 7.46. The van der Waals surface area contributed by atoms with E-state index in [-0.39, 0.29) is 11.6 Å². The fourth-order valence-corrected chi connectivity index (χ4v) is 3.31. The summed E-state index contributed by atoms with van der Waals surface area (Å²) in [5.41, 5.74) is 1.16. The van der Waals surface area contributed by atoms with E-state index >= 15 is 0 Å². The first-order valence-corrected chi connectivity index (χ1v) is 9.23. The van der Waals surface area contributed by atoms with Gasteiger partial charge < -0.3 is 4.90 Å². The predicted octanol–water partition coefficient (Wildman–Crippen LogP) is 1.92. The fourth-order valence-electron chi connectivity index (χ4n) is 1.81. The zero-order valence-corrected chi connectivity index (χ0v) is 15.4. The van der Waals surface area contributed by atoms with Crippen molar-refractivity contribution < 1.29 is 13.2 Å². The number of halogens is 2. The summed E-state index contributed by atoms with van der Waals surface area (Å²) in [6, 6.07) is -0.544. The standard InChI is InChI=1S/C12H19Cl2N5O3S/c1-4-17(8-10(14)7-13)12(20)19-9-15-11(16-19)23(21,22)18(5-2)6-3/h7,9H,4-6,8H2,1-3H3. The summed E-state index contributed by atoms with van der Waals surface area (Å²) in [5, 5.41) is 3.65. The number of hydrogen-bond acceptors (Lipinski definition) is 5. The van der Waals surface area contributed by atoms with Crippen LogP contribution in [-0.4, -0.2) is 64.6 Å². The highest BCUT2D eigenvalue weighted by atomic mass is 35.5. The summed E-state index contributed by atoms with van der Waals surface area (Å²) in [6.07, 6.45) is 1.07. The molecule has 0 bridgehead atoms. The minimum atomic E-state index is -3.81. The second-order valence-electron chi connectivity index (χ2n) is 4.41. The molecule has 0 radical (unpaired) electrons. The molecule has 1 rings (SSSR count). The van der Waals surface area contributed by atoms with Crippen LogP contribution in [0.1, 0.15) is 20.8 Å². The molecular formula is C12H19Cl2N5O3S. The first-order chi connectivity index (χ1) is 10.8. The predicted molar refractivity (Wildman–Crippen MR) is 88.0 cm³/mol. The fraction of sp³-hybridized carbons (Fsp3) is 0.583. The zero-order chi connectivity index (χ0) is 17.6. The second-order valence-corrected chi connectivity index (χ2v) is 6.95. The van der Waals surface area contributed by atoms with Gasteiger partial charge in [0.05, 0.1) is 6.54 Å². The molecule has 23 heavy (non-hydrogen) atoms. The average molecular weight is 384 g/mol. The highest BCUT2D eigenvalue weighted by Crippen LogP contribution is 2.11. The van der Waals surface area contributed by atoms with Crippen LogP contribution in [0.4, 0.5) is 4.79 Å². The minimum Gasteiger partial charge on any atom is -0.318 e. The van der Waals surface area contributed by atoms with Crippen LogP contribution in [-0.2, 0) is 10.0 Å². The van der Waals surface area contributed by atoms with Gasteiger partial charge in [-0.3, -0.25) is 0 Å². The number of aromatic nitrogens is 3. The van der Waals surface area contributed by atoms with Crippen LogP contribution in [0.15, 0.2) is 22.1 Å². The monoisotopic (exact) mass is 383 g/mol. The number of carbonyl (C=O) groups excluding carboxylic acids is 1. The average Bonchev–Trinajstić information content (AvgIpc) is 3.03. The molecule has 0 aliphatic carbocycles. The highest BCUT2D eigenvalue weighted by Gasteiger charge is 2.27. The van der Waals surface area contributed by atoms with Gasteiger partial charge in [-0.1, -0.05) is 37.0 Å². The summed E-state index contributed by atoms with van der Waals surface area (Å²) in [7, 11) is -3.81. The van der Waals surface area contributed by atoms with E-state index in [1.165, 1.54) is 9.21 Å². The lowest BCUT2D eigenvalue weighted by Crippen LogP contribution is -2.36. The van der Waals surface area contributed by atoms with Crippen LogP contribution in [0.5, 0.6) is 0 Å². The lowest BCUT2D eigenvalue weighted by Gasteiger charge is -2.19. The first kappa shape index (κ1) is 19.9. The van der Waals surface area contributed by atoms with Crippen molar-refractivity contribution >= 4 is 39.3 Å². The van der Waals surface area contributed by atoms with Crippen LogP contribution >= 0.6 is 23.2 Å². The molecule has 8 nitrogen and oxygen atoms in total. The Balaban J connectivity index is 3.05. The molecule has 11 heteroatoms. The number of rotatable bonds is 7. The van der Waals surface area contributed by atoms with Crippen molar-refractivity contribution in [3.63, 3.8) is 0 Å².